The monoisotopic (exact) mass is 170 g/mol. The molecule has 0 spiro atoms. The predicted octanol–water partition coefficient (Wildman–Crippen LogP) is 0.905. The van der Waals surface area contributed by atoms with Gasteiger partial charge in [-0.25, -0.2) is 0 Å². The SMILES string of the molecule is C/C=C\C(=NCC)N(C)CCO. The van der Waals surface area contributed by atoms with Crippen molar-refractivity contribution in [2.45, 2.75) is 13.8 Å². The number of hydrogen-bond donors (Lipinski definition) is 1. The highest BCUT2D eigenvalue weighted by Gasteiger charge is 1.99. The first-order valence-electron chi connectivity index (χ1n) is 4.25. The number of nitrogens with zero attached hydrogens (tertiary/aromatic N) is 2. The Morgan fingerprint density at radius 3 is 2.67 bits per heavy atom. The summed E-state index contributed by atoms with van der Waals surface area (Å²) in [6, 6.07) is 0. The summed E-state index contributed by atoms with van der Waals surface area (Å²) in [4.78, 5) is 6.21. The average molecular weight is 170 g/mol. The van der Waals surface area contributed by atoms with Crippen molar-refractivity contribution in [2.75, 3.05) is 26.7 Å². The van der Waals surface area contributed by atoms with Gasteiger partial charge in [-0.3, -0.25) is 4.99 Å². The first-order valence-corrected chi connectivity index (χ1v) is 4.25. The predicted molar refractivity (Wildman–Crippen MR) is 52.5 cm³/mol. The normalized spacial score (nSPS) is 12.5. The summed E-state index contributed by atoms with van der Waals surface area (Å²) in [6.45, 7) is 5.52. The molecule has 12 heavy (non-hydrogen) atoms. The minimum absolute atomic E-state index is 0.163. The summed E-state index contributed by atoms with van der Waals surface area (Å²) >= 11 is 0. The number of allylic oxidation sites excluding steroid dienone is 1. The summed E-state index contributed by atoms with van der Waals surface area (Å²) in [5.74, 6) is 0.925. The number of amidine groups is 1. The number of likely N-dealkylation sites (N-methyl/N-ethyl adjacent to an activating group) is 1. The van der Waals surface area contributed by atoms with Crippen LogP contribution in [0.2, 0.25) is 0 Å². The summed E-state index contributed by atoms with van der Waals surface area (Å²) in [6.07, 6.45) is 3.89. The maximum atomic E-state index is 8.70. The van der Waals surface area contributed by atoms with Gasteiger partial charge >= 0.3 is 0 Å². The van der Waals surface area contributed by atoms with E-state index in [0.717, 1.165) is 12.4 Å². The lowest BCUT2D eigenvalue weighted by Gasteiger charge is -2.17. The molecule has 0 aromatic heterocycles. The van der Waals surface area contributed by atoms with Crippen LogP contribution in [0, 0.1) is 0 Å². The number of rotatable bonds is 4. The molecule has 0 aromatic carbocycles. The van der Waals surface area contributed by atoms with Gasteiger partial charge in [-0.2, -0.15) is 0 Å². The molecule has 0 saturated carbocycles. The smallest absolute Gasteiger partial charge is 0.122 e. The van der Waals surface area contributed by atoms with Crippen LogP contribution in [0.25, 0.3) is 0 Å². The number of hydrogen-bond acceptors (Lipinski definition) is 2. The molecule has 0 aromatic rings. The van der Waals surface area contributed by atoms with Crippen LogP contribution in [0.3, 0.4) is 0 Å². The van der Waals surface area contributed by atoms with E-state index in [-0.39, 0.29) is 6.61 Å². The zero-order valence-electron chi connectivity index (χ0n) is 8.12. The van der Waals surface area contributed by atoms with E-state index in [1.54, 1.807) is 0 Å². The van der Waals surface area contributed by atoms with Crippen LogP contribution in [-0.4, -0.2) is 42.6 Å². The summed E-state index contributed by atoms with van der Waals surface area (Å²) in [7, 11) is 1.92. The van der Waals surface area contributed by atoms with Crippen LogP contribution in [0.4, 0.5) is 0 Å². The van der Waals surface area contributed by atoms with Gasteiger partial charge in [0.1, 0.15) is 5.84 Å². The molecule has 0 aliphatic heterocycles. The average Bonchev–Trinajstić information content (AvgIpc) is 2.04. The Labute approximate surface area is 74.4 Å². The van der Waals surface area contributed by atoms with E-state index >= 15 is 0 Å². The van der Waals surface area contributed by atoms with Gasteiger partial charge in [0.2, 0.25) is 0 Å². The third-order valence-electron chi connectivity index (χ3n) is 1.46. The van der Waals surface area contributed by atoms with Crippen molar-refractivity contribution in [3.8, 4) is 0 Å². The minimum atomic E-state index is 0.163. The number of aliphatic hydroxyl groups excluding tert-OH is 1. The summed E-state index contributed by atoms with van der Waals surface area (Å²) in [5.41, 5.74) is 0. The number of aliphatic hydroxyl groups is 1. The minimum Gasteiger partial charge on any atom is -0.395 e. The van der Waals surface area contributed by atoms with Crippen molar-refractivity contribution in [1.29, 1.82) is 0 Å². The van der Waals surface area contributed by atoms with Gasteiger partial charge in [-0.1, -0.05) is 6.08 Å². The highest BCUT2D eigenvalue weighted by Crippen LogP contribution is 1.90. The third kappa shape index (κ3) is 4.13. The van der Waals surface area contributed by atoms with Gasteiger partial charge in [-0.15, -0.1) is 0 Å². The van der Waals surface area contributed by atoms with Crippen molar-refractivity contribution in [3.63, 3.8) is 0 Å². The second-order valence-electron chi connectivity index (χ2n) is 2.48. The quantitative estimate of drug-likeness (QED) is 0.503. The molecule has 0 saturated heterocycles. The summed E-state index contributed by atoms with van der Waals surface area (Å²) < 4.78 is 0. The first kappa shape index (κ1) is 11.2. The van der Waals surface area contributed by atoms with Gasteiger partial charge < -0.3 is 10.0 Å². The van der Waals surface area contributed by atoms with E-state index in [9.17, 15) is 0 Å². The molecule has 0 aliphatic carbocycles. The Hall–Kier alpha value is -0.830. The Balaban J connectivity index is 4.19. The van der Waals surface area contributed by atoms with E-state index in [1.807, 2.05) is 37.9 Å². The van der Waals surface area contributed by atoms with Crippen LogP contribution in [0.15, 0.2) is 17.1 Å². The highest BCUT2D eigenvalue weighted by atomic mass is 16.3. The van der Waals surface area contributed by atoms with Crippen molar-refractivity contribution < 1.29 is 5.11 Å². The van der Waals surface area contributed by atoms with Crippen LogP contribution >= 0.6 is 0 Å². The van der Waals surface area contributed by atoms with E-state index in [2.05, 4.69) is 4.99 Å². The van der Waals surface area contributed by atoms with Crippen LogP contribution in [-0.2, 0) is 0 Å². The molecule has 3 heteroatoms. The zero-order chi connectivity index (χ0) is 9.40. The molecule has 0 heterocycles. The van der Waals surface area contributed by atoms with E-state index in [4.69, 9.17) is 5.11 Å². The molecule has 70 valence electrons. The van der Waals surface area contributed by atoms with Crippen LogP contribution in [0.5, 0.6) is 0 Å². The molecule has 1 N–H and O–H groups in total. The molecule has 0 atom stereocenters. The molecule has 3 nitrogen and oxygen atoms in total. The molecule has 0 radical (unpaired) electrons. The van der Waals surface area contributed by atoms with Crippen molar-refractivity contribution in [2.24, 2.45) is 4.99 Å². The molecular weight excluding hydrogens is 152 g/mol. The van der Waals surface area contributed by atoms with E-state index < -0.39 is 0 Å². The fraction of sp³-hybridized carbons (Fsp3) is 0.667. The lowest BCUT2D eigenvalue weighted by atomic mass is 10.4. The lowest BCUT2D eigenvalue weighted by Crippen LogP contribution is -2.28. The fourth-order valence-corrected chi connectivity index (χ4v) is 0.876. The maximum absolute atomic E-state index is 8.70. The summed E-state index contributed by atoms with van der Waals surface area (Å²) in [5, 5.41) is 8.70. The van der Waals surface area contributed by atoms with Gasteiger partial charge in [0, 0.05) is 20.1 Å². The third-order valence-corrected chi connectivity index (χ3v) is 1.46. The Morgan fingerprint density at radius 2 is 2.25 bits per heavy atom. The van der Waals surface area contributed by atoms with Crippen LogP contribution < -0.4 is 0 Å². The second kappa shape index (κ2) is 6.85. The van der Waals surface area contributed by atoms with E-state index in [0.29, 0.717) is 6.54 Å². The standard InChI is InChI=1S/C9H18N2O/c1-4-6-9(10-5-2)11(3)7-8-12/h4,6,12H,5,7-8H2,1-3H3/b6-4-,10-9?. The molecule has 0 bridgehead atoms. The highest BCUT2D eigenvalue weighted by molar-refractivity contribution is 5.92. The first-order chi connectivity index (χ1) is 5.76. The number of aliphatic imine (C=N–C) groups is 1. The topological polar surface area (TPSA) is 35.8 Å². The van der Waals surface area contributed by atoms with Gasteiger partial charge in [0.25, 0.3) is 0 Å². The zero-order valence-corrected chi connectivity index (χ0v) is 8.12. The second-order valence-corrected chi connectivity index (χ2v) is 2.48. The van der Waals surface area contributed by atoms with Crippen LogP contribution in [0.1, 0.15) is 13.8 Å². The molecule has 0 rings (SSSR count). The van der Waals surface area contributed by atoms with E-state index in [1.165, 1.54) is 0 Å². The van der Waals surface area contributed by atoms with Gasteiger partial charge in [-0.05, 0) is 19.9 Å². The van der Waals surface area contributed by atoms with Crippen molar-refractivity contribution in [3.05, 3.63) is 12.2 Å². The molecular formula is C9H18N2O. The molecule has 0 fully saturated rings. The maximum Gasteiger partial charge on any atom is 0.122 e. The molecule has 0 aliphatic rings. The molecule has 0 amide bonds. The van der Waals surface area contributed by atoms with Crippen molar-refractivity contribution >= 4 is 5.84 Å². The Morgan fingerprint density at radius 1 is 1.58 bits per heavy atom. The van der Waals surface area contributed by atoms with Gasteiger partial charge in [0.15, 0.2) is 0 Å². The Kier molecular flexibility index (Phi) is 6.38. The lowest BCUT2D eigenvalue weighted by molar-refractivity contribution is 0.264. The molecule has 0 unspecified atom stereocenters. The largest absolute Gasteiger partial charge is 0.395 e. The fourth-order valence-electron chi connectivity index (χ4n) is 0.876. The van der Waals surface area contributed by atoms with Crippen molar-refractivity contribution in [1.82, 2.24) is 4.90 Å². The Bertz CT molecular complexity index is 164. The van der Waals surface area contributed by atoms with Gasteiger partial charge in [0.05, 0.1) is 6.61 Å².